The third-order valence-corrected chi connectivity index (χ3v) is 2.57. The lowest BCUT2D eigenvalue weighted by Gasteiger charge is -2.09. The SMILES string of the molecule is COc1ccc(CC(N)CO)cc1Br.Cl. The highest BCUT2D eigenvalue weighted by atomic mass is 79.9. The van der Waals surface area contributed by atoms with Gasteiger partial charge in [0.15, 0.2) is 0 Å². The number of nitrogens with two attached hydrogens (primary N) is 1. The van der Waals surface area contributed by atoms with Crippen LogP contribution in [0.5, 0.6) is 5.75 Å². The van der Waals surface area contributed by atoms with Crippen LogP contribution in [0.1, 0.15) is 5.56 Å². The molecular formula is C10H15BrClNO2. The molecule has 0 aliphatic rings. The maximum atomic E-state index is 8.80. The summed E-state index contributed by atoms with van der Waals surface area (Å²) in [5, 5.41) is 8.80. The second-order valence-corrected chi connectivity index (χ2v) is 3.97. The van der Waals surface area contributed by atoms with Crippen LogP contribution in [0.25, 0.3) is 0 Å². The molecule has 0 aromatic heterocycles. The van der Waals surface area contributed by atoms with Gasteiger partial charge in [-0.15, -0.1) is 12.4 Å². The van der Waals surface area contributed by atoms with Gasteiger partial charge in [-0.05, 0) is 40.0 Å². The zero-order chi connectivity index (χ0) is 10.6. The summed E-state index contributed by atoms with van der Waals surface area (Å²) in [7, 11) is 1.62. The van der Waals surface area contributed by atoms with Crippen LogP contribution in [0.15, 0.2) is 22.7 Å². The van der Waals surface area contributed by atoms with Crippen LogP contribution in [0.3, 0.4) is 0 Å². The molecule has 0 spiro atoms. The maximum Gasteiger partial charge on any atom is 0.133 e. The second kappa shape index (κ2) is 7.06. The van der Waals surface area contributed by atoms with Crippen molar-refractivity contribution in [2.75, 3.05) is 13.7 Å². The maximum absolute atomic E-state index is 8.80. The minimum absolute atomic E-state index is 0. The number of aliphatic hydroxyl groups is 1. The van der Waals surface area contributed by atoms with E-state index in [1.807, 2.05) is 18.2 Å². The average molecular weight is 297 g/mol. The van der Waals surface area contributed by atoms with E-state index in [1.54, 1.807) is 7.11 Å². The third-order valence-electron chi connectivity index (χ3n) is 1.95. The van der Waals surface area contributed by atoms with Gasteiger partial charge in [-0.3, -0.25) is 0 Å². The molecule has 3 nitrogen and oxygen atoms in total. The lowest BCUT2D eigenvalue weighted by atomic mass is 10.1. The first kappa shape index (κ1) is 14.7. The first-order valence-corrected chi connectivity index (χ1v) is 5.15. The topological polar surface area (TPSA) is 55.5 Å². The fourth-order valence-corrected chi connectivity index (χ4v) is 1.79. The van der Waals surface area contributed by atoms with E-state index in [0.717, 1.165) is 15.8 Å². The van der Waals surface area contributed by atoms with Crippen molar-refractivity contribution < 1.29 is 9.84 Å². The van der Waals surface area contributed by atoms with Crippen LogP contribution in [0.4, 0.5) is 0 Å². The van der Waals surface area contributed by atoms with Gasteiger partial charge in [-0.2, -0.15) is 0 Å². The van der Waals surface area contributed by atoms with Gasteiger partial charge < -0.3 is 15.6 Å². The quantitative estimate of drug-likeness (QED) is 0.890. The summed E-state index contributed by atoms with van der Waals surface area (Å²) < 4.78 is 6.01. The van der Waals surface area contributed by atoms with E-state index in [9.17, 15) is 0 Å². The van der Waals surface area contributed by atoms with E-state index in [2.05, 4.69) is 15.9 Å². The van der Waals surface area contributed by atoms with Crippen molar-refractivity contribution in [3.63, 3.8) is 0 Å². The van der Waals surface area contributed by atoms with Crippen molar-refractivity contribution in [1.82, 2.24) is 0 Å². The Morgan fingerprint density at radius 2 is 2.20 bits per heavy atom. The molecule has 1 atom stereocenters. The van der Waals surface area contributed by atoms with Crippen LogP contribution >= 0.6 is 28.3 Å². The first-order valence-electron chi connectivity index (χ1n) is 4.36. The van der Waals surface area contributed by atoms with E-state index in [-0.39, 0.29) is 25.1 Å². The third kappa shape index (κ3) is 4.38. The molecule has 0 aliphatic carbocycles. The molecule has 0 amide bonds. The normalized spacial score (nSPS) is 11.7. The lowest BCUT2D eigenvalue weighted by molar-refractivity contribution is 0.265. The summed E-state index contributed by atoms with van der Waals surface area (Å²) in [6, 6.07) is 5.58. The molecule has 15 heavy (non-hydrogen) atoms. The molecule has 86 valence electrons. The predicted octanol–water partition coefficient (Wildman–Crippen LogP) is 1.74. The Labute approximate surface area is 104 Å². The Kier molecular flexibility index (Phi) is 6.92. The molecule has 1 aromatic carbocycles. The summed E-state index contributed by atoms with van der Waals surface area (Å²) in [4.78, 5) is 0. The number of ether oxygens (including phenoxy) is 1. The molecular weight excluding hydrogens is 281 g/mol. The van der Waals surface area contributed by atoms with Gasteiger partial charge in [-0.25, -0.2) is 0 Å². The summed E-state index contributed by atoms with van der Waals surface area (Å²) in [6.45, 7) is 0.00362. The van der Waals surface area contributed by atoms with E-state index in [0.29, 0.717) is 6.42 Å². The monoisotopic (exact) mass is 295 g/mol. The molecule has 0 heterocycles. The lowest BCUT2D eigenvalue weighted by Crippen LogP contribution is -2.26. The molecule has 1 aromatic rings. The standard InChI is InChI=1S/C10H14BrNO2.ClH/c1-14-10-3-2-7(5-9(10)11)4-8(12)6-13;/h2-3,5,8,13H,4,6,12H2,1H3;1H. The van der Waals surface area contributed by atoms with E-state index in [1.165, 1.54) is 0 Å². The molecule has 0 saturated heterocycles. The number of aliphatic hydroxyl groups excluding tert-OH is 1. The van der Waals surface area contributed by atoms with E-state index >= 15 is 0 Å². The molecule has 0 aliphatic heterocycles. The predicted molar refractivity (Wildman–Crippen MR) is 66.7 cm³/mol. The summed E-state index contributed by atoms with van der Waals surface area (Å²) >= 11 is 3.39. The zero-order valence-corrected chi connectivity index (χ0v) is 10.8. The molecule has 0 bridgehead atoms. The molecule has 1 unspecified atom stereocenters. The second-order valence-electron chi connectivity index (χ2n) is 3.12. The van der Waals surface area contributed by atoms with Crippen LogP contribution in [0.2, 0.25) is 0 Å². The van der Waals surface area contributed by atoms with E-state index in [4.69, 9.17) is 15.6 Å². The summed E-state index contributed by atoms with van der Waals surface area (Å²) in [5.74, 6) is 0.798. The number of benzene rings is 1. The number of hydrogen-bond acceptors (Lipinski definition) is 3. The average Bonchev–Trinajstić information content (AvgIpc) is 2.18. The minimum Gasteiger partial charge on any atom is -0.496 e. The van der Waals surface area contributed by atoms with Crippen molar-refractivity contribution in [2.24, 2.45) is 5.73 Å². The van der Waals surface area contributed by atoms with Crippen molar-refractivity contribution in [1.29, 1.82) is 0 Å². The molecule has 1 rings (SSSR count). The van der Waals surface area contributed by atoms with E-state index < -0.39 is 0 Å². The van der Waals surface area contributed by atoms with Gasteiger partial charge in [-0.1, -0.05) is 6.07 Å². The van der Waals surface area contributed by atoms with Crippen LogP contribution in [0, 0.1) is 0 Å². The fraction of sp³-hybridized carbons (Fsp3) is 0.400. The number of methoxy groups -OCH3 is 1. The molecule has 3 N–H and O–H groups in total. The fourth-order valence-electron chi connectivity index (χ4n) is 1.20. The Morgan fingerprint density at radius 1 is 1.53 bits per heavy atom. The van der Waals surface area contributed by atoms with Gasteiger partial charge in [0, 0.05) is 6.04 Å². The van der Waals surface area contributed by atoms with Crippen LogP contribution < -0.4 is 10.5 Å². The smallest absolute Gasteiger partial charge is 0.133 e. The molecule has 0 saturated carbocycles. The number of hydrogen-bond donors (Lipinski definition) is 2. The summed E-state index contributed by atoms with van der Waals surface area (Å²) in [6.07, 6.45) is 0.666. The Bertz CT molecular complexity index is 309. The summed E-state index contributed by atoms with van der Waals surface area (Å²) in [5.41, 5.74) is 6.71. The minimum atomic E-state index is -0.199. The van der Waals surface area contributed by atoms with Crippen LogP contribution in [-0.4, -0.2) is 24.9 Å². The highest BCUT2D eigenvalue weighted by molar-refractivity contribution is 9.10. The Balaban J connectivity index is 0.00000196. The van der Waals surface area contributed by atoms with Gasteiger partial charge in [0.25, 0.3) is 0 Å². The zero-order valence-electron chi connectivity index (χ0n) is 8.44. The largest absolute Gasteiger partial charge is 0.496 e. The van der Waals surface area contributed by atoms with Gasteiger partial charge in [0.05, 0.1) is 18.2 Å². The number of halogens is 2. The van der Waals surface area contributed by atoms with Gasteiger partial charge >= 0.3 is 0 Å². The Hall–Kier alpha value is -0.290. The van der Waals surface area contributed by atoms with Crippen molar-refractivity contribution in [2.45, 2.75) is 12.5 Å². The van der Waals surface area contributed by atoms with Crippen molar-refractivity contribution in [3.05, 3.63) is 28.2 Å². The van der Waals surface area contributed by atoms with Crippen molar-refractivity contribution >= 4 is 28.3 Å². The first-order chi connectivity index (χ1) is 6.67. The highest BCUT2D eigenvalue weighted by Gasteiger charge is 2.05. The molecule has 0 radical (unpaired) electrons. The van der Waals surface area contributed by atoms with Gasteiger partial charge in [0.2, 0.25) is 0 Å². The molecule has 5 heteroatoms. The Morgan fingerprint density at radius 3 is 2.67 bits per heavy atom. The molecule has 0 fully saturated rings. The van der Waals surface area contributed by atoms with Crippen molar-refractivity contribution in [3.8, 4) is 5.75 Å². The number of rotatable bonds is 4. The van der Waals surface area contributed by atoms with Crippen LogP contribution in [-0.2, 0) is 6.42 Å². The highest BCUT2D eigenvalue weighted by Crippen LogP contribution is 2.25. The van der Waals surface area contributed by atoms with Gasteiger partial charge in [0.1, 0.15) is 5.75 Å².